The van der Waals surface area contributed by atoms with E-state index in [9.17, 15) is 9.90 Å². The van der Waals surface area contributed by atoms with Crippen molar-refractivity contribution in [3.63, 3.8) is 0 Å². The Labute approximate surface area is 147 Å². The Balaban J connectivity index is 2.01. The van der Waals surface area contributed by atoms with E-state index in [1.165, 1.54) is 6.92 Å². The lowest BCUT2D eigenvalue weighted by Gasteiger charge is -2.54. The smallest absolute Gasteiger partial charge is 0.303 e. The molecule has 2 aliphatic rings. The van der Waals surface area contributed by atoms with Crippen LogP contribution in [-0.2, 0) is 21.4 Å². The highest BCUT2D eigenvalue weighted by atomic mass is 32.1. The molecule has 5 heteroatoms. The number of nitrogens with zero attached hydrogens (tertiary/aromatic N) is 1. The average Bonchev–Trinajstić information content (AvgIpc) is 3.00. The van der Waals surface area contributed by atoms with E-state index in [1.54, 1.807) is 11.3 Å². The molecular formula is C19H25NO3S. The summed E-state index contributed by atoms with van der Waals surface area (Å²) in [5.41, 5.74) is 0.176. The second-order valence-electron chi connectivity index (χ2n) is 7.12. The van der Waals surface area contributed by atoms with Gasteiger partial charge in [-0.1, -0.05) is 26.3 Å². The first-order valence-corrected chi connectivity index (χ1v) is 9.48. The molecular weight excluding hydrogens is 322 g/mol. The first-order valence-electron chi connectivity index (χ1n) is 8.60. The summed E-state index contributed by atoms with van der Waals surface area (Å²) in [6.07, 6.45) is 8.40. The molecule has 1 N–H and O–H groups in total. The standard InChI is InChI=1S/C19H25NO3S/c1-5-17-20-16(11-24-17)18(4)8-6-7-14-9-12(2)15(23-13(3)21)10-19(14,18)22/h9,11,14-15,22H,5-8H2,1-4H3/t14-,15+,18+,19+/m0/s1. The molecule has 2 aliphatic carbocycles. The molecule has 4 nitrogen and oxygen atoms in total. The Morgan fingerprint density at radius 1 is 1.58 bits per heavy atom. The van der Waals surface area contributed by atoms with Crippen LogP contribution in [0.4, 0.5) is 0 Å². The molecule has 3 rings (SSSR count). The van der Waals surface area contributed by atoms with Crippen molar-refractivity contribution in [2.45, 2.75) is 70.5 Å². The minimum atomic E-state index is -1.18. The number of hydrogen-bond acceptors (Lipinski definition) is 5. The minimum absolute atomic E-state index is 0.0187. The number of fused-ring (bicyclic) bond motifs is 1. The molecule has 0 bridgehead atoms. The summed E-state index contributed by atoms with van der Waals surface area (Å²) in [7, 11) is 0. The van der Waals surface area contributed by atoms with E-state index in [4.69, 9.17) is 9.72 Å². The van der Waals surface area contributed by atoms with Crippen molar-refractivity contribution >= 4 is 17.3 Å². The third-order valence-corrected chi connectivity index (χ3v) is 6.50. The Morgan fingerprint density at radius 3 is 2.96 bits per heavy atom. The van der Waals surface area contributed by atoms with Crippen molar-refractivity contribution in [2.75, 3.05) is 0 Å². The van der Waals surface area contributed by atoms with Gasteiger partial charge in [0.25, 0.3) is 0 Å². The normalized spacial score (nSPS) is 36.0. The summed E-state index contributed by atoms with van der Waals surface area (Å²) in [6.45, 7) is 7.48. The second-order valence-corrected chi connectivity index (χ2v) is 8.06. The van der Waals surface area contributed by atoms with Crippen LogP contribution in [-0.4, -0.2) is 27.8 Å². The lowest BCUT2D eigenvalue weighted by atomic mass is 9.54. The van der Waals surface area contributed by atoms with Gasteiger partial charge < -0.3 is 9.84 Å². The van der Waals surface area contributed by atoms with Crippen LogP contribution in [0.2, 0.25) is 0 Å². The predicted octanol–water partition coefficient (Wildman–Crippen LogP) is 3.47. The van der Waals surface area contributed by atoms with Gasteiger partial charge in [0, 0.05) is 23.6 Å². The van der Waals surface area contributed by atoms with Gasteiger partial charge in [-0.05, 0) is 31.8 Å². The number of aliphatic hydroxyl groups is 1. The molecule has 1 heterocycles. The highest BCUT2D eigenvalue weighted by Gasteiger charge is 2.58. The van der Waals surface area contributed by atoms with E-state index >= 15 is 0 Å². The van der Waals surface area contributed by atoms with Crippen LogP contribution in [0.3, 0.4) is 0 Å². The molecule has 0 saturated heterocycles. The van der Waals surface area contributed by atoms with Crippen LogP contribution in [0, 0.1) is 12.3 Å². The molecule has 0 aromatic carbocycles. The molecule has 1 saturated carbocycles. The van der Waals surface area contributed by atoms with E-state index in [0.717, 1.165) is 42.0 Å². The van der Waals surface area contributed by atoms with Crippen LogP contribution in [0.5, 0.6) is 0 Å². The monoisotopic (exact) mass is 347 g/mol. The Kier molecular flexibility index (Phi) is 4.60. The minimum Gasteiger partial charge on any atom is -0.457 e. The number of thiazole rings is 1. The lowest BCUT2D eigenvalue weighted by Crippen LogP contribution is -2.61. The molecule has 130 valence electrons. The number of aromatic nitrogens is 1. The lowest BCUT2D eigenvalue weighted by molar-refractivity contribution is -0.147. The Morgan fingerprint density at radius 2 is 2.33 bits per heavy atom. The van der Waals surface area contributed by atoms with Gasteiger partial charge in [0.1, 0.15) is 6.10 Å². The van der Waals surface area contributed by atoms with Gasteiger partial charge in [-0.2, -0.15) is 0 Å². The molecule has 0 spiro atoms. The average molecular weight is 347 g/mol. The fourth-order valence-electron chi connectivity index (χ4n) is 4.01. The maximum absolute atomic E-state index is 11.7. The Bertz CT molecular complexity index is 667. The molecule has 1 aromatic heterocycles. The topological polar surface area (TPSA) is 59.4 Å². The highest BCUT2D eigenvalue weighted by molar-refractivity contribution is 7.09. The maximum Gasteiger partial charge on any atom is 0.303 e. The molecule has 2 radical (unpaired) electrons. The zero-order chi connectivity index (χ0) is 17.5. The van der Waals surface area contributed by atoms with E-state index in [1.807, 2.05) is 6.92 Å². The van der Waals surface area contributed by atoms with Gasteiger partial charge in [0.05, 0.1) is 22.7 Å². The number of ether oxygens (including phenoxy) is 1. The van der Waals surface area contributed by atoms with Crippen molar-refractivity contribution in [2.24, 2.45) is 5.92 Å². The number of esters is 1. The van der Waals surface area contributed by atoms with Crippen LogP contribution >= 0.6 is 11.3 Å². The zero-order valence-electron chi connectivity index (χ0n) is 14.8. The third-order valence-electron chi connectivity index (χ3n) is 5.50. The third kappa shape index (κ3) is 2.72. The Hall–Kier alpha value is -1.20. The molecule has 1 fully saturated rings. The van der Waals surface area contributed by atoms with E-state index in [2.05, 4.69) is 31.7 Å². The van der Waals surface area contributed by atoms with Gasteiger partial charge in [-0.3, -0.25) is 4.79 Å². The highest BCUT2D eigenvalue weighted by Crippen LogP contribution is 2.54. The number of rotatable bonds is 3. The molecule has 0 amide bonds. The molecule has 4 atom stereocenters. The predicted molar refractivity (Wildman–Crippen MR) is 93.7 cm³/mol. The summed E-state index contributed by atoms with van der Waals surface area (Å²) in [5, 5.41) is 14.8. The number of hydrogen-bond donors (Lipinski definition) is 1. The fraction of sp³-hybridized carbons (Fsp3) is 0.632. The van der Waals surface area contributed by atoms with Crippen molar-refractivity contribution in [1.29, 1.82) is 0 Å². The summed E-state index contributed by atoms with van der Waals surface area (Å²) in [5.74, 6) is -0.378. The molecule has 24 heavy (non-hydrogen) atoms. The second kappa shape index (κ2) is 6.26. The van der Waals surface area contributed by atoms with Gasteiger partial charge in [0.2, 0.25) is 0 Å². The number of carbonyl (C=O) groups excluding carboxylic acids is 1. The summed E-state index contributed by atoms with van der Waals surface area (Å²) in [6, 6.07) is 0. The van der Waals surface area contributed by atoms with E-state index in [0.29, 0.717) is 0 Å². The fourth-order valence-corrected chi connectivity index (χ4v) is 4.89. The molecule has 0 unspecified atom stereocenters. The van der Waals surface area contributed by atoms with Gasteiger partial charge in [-0.15, -0.1) is 11.3 Å². The van der Waals surface area contributed by atoms with Crippen molar-refractivity contribution in [3.05, 3.63) is 34.2 Å². The van der Waals surface area contributed by atoms with Gasteiger partial charge >= 0.3 is 5.97 Å². The van der Waals surface area contributed by atoms with E-state index < -0.39 is 17.1 Å². The summed E-state index contributed by atoms with van der Waals surface area (Å²) < 4.78 is 5.38. The van der Waals surface area contributed by atoms with Crippen molar-refractivity contribution in [1.82, 2.24) is 4.98 Å². The first-order chi connectivity index (χ1) is 11.3. The van der Waals surface area contributed by atoms with Crippen LogP contribution < -0.4 is 0 Å². The van der Waals surface area contributed by atoms with Crippen LogP contribution in [0.25, 0.3) is 0 Å². The number of carbonyl (C=O) groups is 1. The summed E-state index contributed by atoms with van der Waals surface area (Å²) >= 11 is 1.64. The SMILES string of the molecule is CCc1nc([C@@]2(C)CCC[C@H]3C=C(C)[C@H](OC(C)=O)[C][C@@]32O)cs1. The summed E-state index contributed by atoms with van der Waals surface area (Å²) in [4.78, 5) is 16.2. The number of aryl methyl sites for hydroxylation is 1. The maximum atomic E-state index is 11.7. The van der Waals surface area contributed by atoms with Crippen molar-refractivity contribution < 1.29 is 14.6 Å². The van der Waals surface area contributed by atoms with Crippen LogP contribution in [0.1, 0.15) is 57.7 Å². The molecule has 0 aliphatic heterocycles. The molecule has 1 aromatic rings. The van der Waals surface area contributed by atoms with Crippen molar-refractivity contribution in [3.8, 4) is 0 Å². The van der Waals surface area contributed by atoms with Gasteiger partial charge in [-0.25, -0.2) is 4.98 Å². The quantitative estimate of drug-likeness (QED) is 0.672. The zero-order valence-corrected chi connectivity index (χ0v) is 15.6. The van der Waals surface area contributed by atoms with Crippen LogP contribution in [0.15, 0.2) is 17.0 Å². The van der Waals surface area contributed by atoms with E-state index in [-0.39, 0.29) is 11.9 Å². The van der Waals surface area contributed by atoms with Gasteiger partial charge in [0.15, 0.2) is 0 Å². The largest absolute Gasteiger partial charge is 0.457 e. The first kappa shape index (κ1) is 17.6.